The van der Waals surface area contributed by atoms with Crippen LogP contribution in [-0.4, -0.2) is 19.2 Å². The van der Waals surface area contributed by atoms with E-state index in [1.807, 2.05) is 24.3 Å². The molecule has 0 amide bonds. The molecule has 0 spiro atoms. The van der Waals surface area contributed by atoms with Crippen molar-refractivity contribution in [3.63, 3.8) is 0 Å². The van der Waals surface area contributed by atoms with Gasteiger partial charge < -0.3 is 9.47 Å². The summed E-state index contributed by atoms with van der Waals surface area (Å²) in [4.78, 5) is 11.1. The minimum absolute atomic E-state index is 0.112. The van der Waals surface area contributed by atoms with Crippen LogP contribution in [0.2, 0.25) is 0 Å². The number of rotatable bonds is 8. The minimum atomic E-state index is -0.323. The van der Waals surface area contributed by atoms with Crippen LogP contribution in [0.15, 0.2) is 42.5 Å². The van der Waals surface area contributed by atoms with Gasteiger partial charge in [-0.3, -0.25) is 0 Å². The molecule has 1 aromatic rings. The zero-order valence-corrected chi connectivity index (χ0v) is 12.5. The predicted octanol–water partition coefficient (Wildman–Crippen LogP) is 3.74. The van der Waals surface area contributed by atoms with E-state index in [-0.39, 0.29) is 12.1 Å². The molecule has 0 N–H and O–H groups in total. The number of hydrogen-bond donors (Lipinski definition) is 0. The average Bonchev–Trinajstić information content (AvgIpc) is 2.50. The number of methoxy groups -OCH3 is 1. The summed E-state index contributed by atoms with van der Waals surface area (Å²) in [7, 11) is 1.38. The lowest BCUT2D eigenvalue weighted by molar-refractivity contribution is -0.134. The predicted molar refractivity (Wildman–Crippen MR) is 80.2 cm³/mol. The van der Waals surface area contributed by atoms with Crippen LogP contribution < -0.4 is 0 Å². The zero-order chi connectivity index (χ0) is 14.8. The summed E-state index contributed by atoms with van der Waals surface area (Å²) in [6.07, 6.45) is 5.17. The summed E-state index contributed by atoms with van der Waals surface area (Å²) in [6, 6.07) is 10.1. The van der Waals surface area contributed by atoms with Crippen LogP contribution in [0.3, 0.4) is 0 Å². The first-order valence-electron chi connectivity index (χ1n) is 7.07. The van der Waals surface area contributed by atoms with Gasteiger partial charge in [-0.1, -0.05) is 56.7 Å². The van der Waals surface area contributed by atoms with Gasteiger partial charge in [0.05, 0.1) is 19.8 Å². The molecule has 2 atom stereocenters. The van der Waals surface area contributed by atoms with Crippen LogP contribution in [0.4, 0.5) is 0 Å². The fourth-order valence-corrected chi connectivity index (χ4v) is 1.87. The van der Waals surface area contributed by atoms with Gasteiger partial charge in [0.15, 0.2) is 0 Å². The largest absolute Gasteiger partial charge is 0.466 e. The maximum absolute atomic E-state index is 11.1. The third kappa shape index (κ3) is 6.02. The second kappa shape index (κ2) is 9.32. The Morgan fingerprint density at radius 3 is 2.60 bits per heavy atom. The highest BCUT2D eigenvalue weighted by Gasteiger charge is 2.15. The number of benzene rings is 1. The molecule has 0 heterocycles. The van der Waals surface area contributed by atoms with E-state index in [0.29, 0.717) is 12.5 Å². The van der Waals surface area contributed by atoms with Gasteiger partial charge >= 0.3 is 5.97 Å². The molecule has 20 heavy (non-hydrogen) atoms. The first-order chi connectivity index (χ1) is 9.67. The van der Waals surface area contributed by atoms with Gasteiger partial charge in [0.2, 0.25) is 0 Å². The number of esters is 1. The summed E-state index contributed by atoms with van der Waals surface area (Å²) in [6.45, 7) is 4.91. The number of carbonyl (C=O) groups is 1. The number of hydrogen-bond acceptors (Lipinski definition) is 3. The summed E-state index contributed by atoms with van der Waals surface area (Å²) < 4.78 is 10.6. The fraction of sp³-hybridized carbons (Fsp3) is 0.471. The molecule has 0 aliphatic carbocycles. The van der Waals surface area contributed by atoms with Gasteiger partial charge in [0.25, 0.3) is 0 Å². The molecule has 3 heteroatoms. The van der Waals surface area contributed by atoms with Crippen LogP contribution in [0.1, 0.15) is 32.3 Å². The van der Waals surface area contributed by atoms with Gasteiger partial charge in [-0.25, -0.2) is 4.79 Å². The molecule has 1 aromatic carbocycles. The van der Waals surface area contributed by atoms with E-state index in [4.69, 9.17) is 4.74 Å². The molecule has 0 unspecified atom stereocenters. The highest BCUT2D eigenvalue weighted by molar-refractivity contribution is 5.81. The SMILES string of the molecule is CC[C@H](C)[C@H](C/C=C/C(=O)OC)OCc1ccccc1. The van der Waals surface area contributed by atoms with Crippen LogP contribution in [-0.2, 0) is 20.9 Å². The summed E-state index contributed by atoms with van der Waals surface area (Å²) in [5.74, 6) is 0.122. The van der Waals surface area contributed by atoms with E-state index in [0.717, 1.165) is 18.4 Å². The van der Waals surface area contributed by atoms with E-state index in [1.165, 1.54) is 13.2 Å². The van der Waals surface area contributed by atoms with Crippen molar-refractivity contribution in [2.45, 2.75) is 39.4 Å². The van der Waals surface area contributed by atoms with Gasteiger partial charge in [-0.2, -0.15) is 0 Å². The molecule has 0 aliphatic rings. The van der Waals surface area contributed by atoms with Crippen molar-refractivity contribution in [1.82, 2.24) is 0 Å². The summed E-state index contributed by atoms with van der Waals surface area (Å²) >= 11 is 0. The highest BCUT2D eigenvalue weighted by atomic mass is 16.5. The first kappa shape index (κ1) is 16.4. The van der Waals surface area contributed by atoms with Crippen LogP contribution in [0, 0.1) is 5.92 Å². The highest BCUT2D eigenvalue weighted by Crippen LogP contribution is 2.17. The molecule has 0 fully saturated rings. The van der Waals surface area contributed by atoms with E-state index in [1.54, 1.807) is 0 Å². The van der Waals surface area contributed by atoms with Crippen LogP contribution in [0.5, 0.6) is 0 Å². The molecule has 0 radical (unpaired) electrons. The average molecular weight is 276 g/mol. The van der Waals surface area contributed by atoms with Gasteiger partial charge in [0.1, 0.15) is 0 Å². The molecule has 3 nitrogen and oxygen atoms in total. The standard InChI is InChI=1S/C17H24O3/c1-4-14(2)16(11-8-12-17(18)19-3)20-13-15-9-6-5-7-10-15/h5-10,12,14,16H,4,11,13H2,1-3H3/b12-8+/t14-,16-/m0/s1. The Morgan fingerprint density at radius 2 is 2.00 bits per heavy atom. The summed E-state index contributed by atoms with van der Waals surface area (Å²) in [5.41, 5.74) is 1.16. The molecule has 0 saturated carbocycles. The Labute approximate surface area is 121 Å². The quantitative estimate of drug-likeness (QED) is 0.536. The topological polar surface area (TPSA) is 35.5 Å². The molecule has 0 saturated heterocycles. The number of ether oxygens (including phenoxy) is 2. The van der Waals surface area contributed by atoms with Crippen molar-refractivity contribution in [1.29, 1.82) is 0 Å². The smallest absolute Gasteiger partial charge is 0.330 e. The Bertz CT molecular complexity index is 412. The maximum Gasteiger partial charge on any atom is 0.330 e. The second-order valence-electron chi connectivity index (χ2n) is 4.88. The molecular weight excluding hydrogens is 252 g/mol. The summed E-state index contributed by atoms with van der Waals surface area (Å²) in [5, 5.41) is 0. The Hall–Kier alpha value is -1.61. The van der Waals surface area contributed by atoms with Crippen molar-refractivity contribution in [2.75, 3.05) is 7.11 Å². The molecule has 0 aliphatic heterocycles. The van der Waals surface area contributed by atoms with Gasteiger partial charge in [-0.15, -0.1) is 0 Å². The van der Waals surface area contributed by atoms with Crippen molar-refractivity contribution in [2.24, 2.45) is 5.92 Å². The number of carbonyl (C=O) groups excluding carboxylic acids is 1. The zero-order valence-electron chi connectivity index (χ0n) is 12.5. The minimum Gasteiger partial charge on any atom is -0.466 e. The molecule has 1 rings (SSSR count). The Balaban J connectivity index is 2.52. The Kier molecular flexibility index (Phi) is 7.66. The van der Waals surface area contributed by atoms with Crippen LogP contribution in [0.25, 0.3) is 0 Å². The normalized spacial score (nSPS) is 14.2. The third-order valence-corrected chi connectivity index (χ3v) is 3.41. The monoisotopic (exact) mass is 276 g/mol. The van der Waals surface area contributed by atoms with Gasteiger partial charge in [0, 0.05) is 6.08 Å². The van der Waals surface area contributed by atoms with Crippen molar-refractivity contribution in [3.05, 3.63) is 48.0 Å². The molecular formula is C17H24O3. The lowest BCUT2D eigenvalue weighted by atomic mass is 9.99. The van der Waals surface area contributed by atoms with Crippen molar-refractivity contribution < 1.29 is 14.3 Å². The van der Waals surface area contributed by atoms with Gasteiger partial charge in [-0.05, 0) is 17.9 Å². The fourth-order valence-electron chi connectivity index (χ4n) is 1.87. The van der Waals surface area contributed by atoms with E-state index in [9.17, 15) is 4.79 Å². The Morgan fingerprint density at radius 1 is 1.30 bits per heavy atom. The van der Waals surface area contributed by atoms with E-state index < -0.39 is 0 Å². The molecule has 0 aromatic heterocycles. The van der Waals surface area contributed by atoms with E-state index >= 15 is 0 Å². The van der Waals surface area contributed by atoms with Crippen molar-refractivity contribution >= 4 is 5.97 Å². The van der Waals surface area contributed by atoms with Crippen LogP contribution >= 0.6 is 0 Å². The van der Waals surface area contributed by atoms with Crippen molar-refractivity contribution in [3.8, 4) is 0 Å². The lowest BCUT2D eigenvalue weighted by Gasteiger charge is -2.22. The molecule has 110 valence electrons. The third-order valence-electron chi connectivity index (χ3n) is 3.41. The molecule has 0 bridgehead atoms. The lowest BCUT2D eigenvalue weighted by Crippen LogP contribution is -2.21. The first-order valence-corrected chi connectivity index (χ1v) is 7.07. The maximum atomic E-state index is 11.1. The second-order valence-corrected chi connectivity index (χ2v) is 4.88. The van der Waals surface area contributed by atoms with E-state index in [2.05, 4.69) is 30.7 Å².